The van der Waals surface area contributed by atoms with Crippen LogP contribution in [-0.4, -0.2) is 29.6 Å². The van der Waals surface area contributed by atoms with Crippen LogP contribution in [0.3, 0.4) is 0 Å². The molecular formula is C16H17Cl3O6. The fourth-order valence-electron chi connectivity index (χ4n) is 2.08. The molecule has 6 nitrogen and oxygen atoms in total. The number of aliphatic carboxylic acids is 1. The molecule has 0 aromatic heterocycles. The maximum Gasteiger partial charge on any atom is 0.422 e. The van der Waals surface area contributed by atoms with Crippen LogP contribution in [0.25, 0.3) is 0 Å². The lowest BCUT2D eigenvalue weighted by Crippen LogP contribution is -2.22. The van der Waals surface area contributed by atoms with E-state index in [0.717, 1.165) is 25.3 Å². The van der Waals surface area contributed by atoms with Gasteiger partial charge in [-0.25, -0.2) is 14.4 Å². The van der Waals surface area contributed by atoms with Crippen molar-refractivity contribution in [1.29, 1.82) is 0 Å². The highest BCUT2D eigenvalue weighted by Gasteiger charge is 2.28. The van der Waals surface area contributed by atoms with Gasteiger partial charge in [-0.05, 0) is 18.4 Å². The van der Waals surface area contributed by atoms with Crippen LogP contribution in [0, 0.1) is 5.92 Å². The molecule has 0 heterocycles. The average molecular weight is 412 g/mol. The average Bonchev–Trinajstić information content (AvgIpc) is 2.56. The van der Waals surface area contributed by atoms with Crippen LogP contribution in [-0.2, 0) is 14.3 Å². The summed E-state index contributed by atoms with van der Waals surface area (Å²) < 4.78 is 9.89. The molecule has 1 aromatic carbocycles. The smallest absolute Gasteiger partial charge is 0.422 e. The highest BCUT2D eigenvalue weighted by molar-refractivity contribution is 6.46. The number of carboxylic acid groups (broad SMARTS) is 1. The number of halogens is 3. The first kappa shape index (κ1) is 21.5. The Morgan fingerprint density at radius 2 is 1.80 bits per heavy atom. The molecule has 0 spiro atoms. The Bertz CT molecular complexity index is 674. The van der Waals surface area contributed by atoms with E-state index in [2.05, 4.69) is 4.74 Å². The Morgan fingerprint density at radius 3 is 2.32 bits per heavy atom. The number of hydrogen-bond donors (Lipinski definition) is 1. The molecule has 0 aliphatic carbocycles. The molecule has 0 fully saturated rings. The van der Waals surface area contributed by atoms with E-state index in [1.54, 1.807) is 0 Å². The minimum absolute atomic E-state index is 0.0608. The molecule has 0 amide bonds. The van der Waals surface area contributed by atoms with Gasteiger partial charge in [0.1, 0.15) is 5.56 Å². The Kier molecular flexibility index (Phi) is 8.48. The van der Waals surface area contributed by atoms with E-state index in [0.29, 0.717) is 0 Å². The molecule has 0 aliphatic rings. The first-order chi connectivity index (χ1) is 11.7. The van der Waals surface area contributed by atoms with Crippen molar-refractivity contribution >= 4 is 52.7 Å². The van der Waals surface area contributed by atoms with Crippen LogP contribution >= 0.6 is 34.8 Å². The van der Waals surface area contributed by atoms with Crippen molar-refractivity contribution in [3.8, 4) is 5.75 Å². The molecule has 0 radical (unpaired) electrons. The predicted octanol–water partition coefficient (Wildman–Crippen LogP) is 4.62. The largest absolute Gasteiger partial charge is 0.473 e. The second-order valence-electron chi connectivity index (χ2n) is 5.21. The number of carbonyl (C=O) groups excluding carboxylic acids is 2. The van der Waals surface area contributed by atoms with Gasteiger partial charge in [-0.3, -0.25) is 0 Å². The molecule has 0 saturated heterocycles. The monoisotopic (exact) mass is 410 g/mol. The van der Waals surface area contributed by atoms with Crippen molar-refractivity contribution in [3.05, 3.63) is 26.7 Å². The van der Waals surface area contributed by atoms with E-state index in [1.807, 2.05) is 13.8 Å². The van der Waals surface area contributed by atoms with Gasteiger partial charge < -0.3 is 14.6 Å². The Labute approximate surface area is 159 Å². The molecule has 0 bridgehead atoms. The highest BCUT2D eigenvalue weighted by Crippen LogP contribution is 2.40. The molecule has 0 saturated carbocycles. The Hall–Kier alpha value is -1.50. The topological polar surface area (TPSA) is 89.9 Å². The SMILES string of the molecule is CCCC(CC)COC(=O)c1c(Cl)c(Cl)cc(Cl)c1OC(=O)C(=O)O. The van der Waals surface area contributed by atoms with Gasteiger partial charge in [0.15, 0.2) is 5.75 Å². The lowest BCUT2D eigenvalue weighted by molar-refractivity contribution is -0.158. The molecule has 0 aliphatic heterocycles. The summed E-state index contributed by atoms with van der Waals surface area (Å²) in [7, 11) is 0. The van der Waals surface area contributed by atoms with Crippen molar-refractivity contribution in [1.82, 2.24) is 0 Å². The molecule has 9 heteroatoms. The van der Waals surface area contributed by atoms with Gasteiger partial charge in [0.05, 0.1) is 21.7 Å². The minimum atomic E-state index is -1.85. The fourth-order valence-corrected chi connectivity index (χ4v) is 2.80. The number of carbonyl (C=O) groups is 3. The second kappa shape index (κ2) is 9.85. The second-order valence-corrected chi connectivity index (χ2v) is 6.41. The third kappa shape index (κ3) is 5.76. The van der Waals surface area contributed by atoms with Crippen molar-refractivity contribution in [2.24, 2.45) is 5.92 Å². The van der Waals surface area contributed by atoms with Gasteiger partial charge in [-0.15, -0.1) is 0 Å². The highest BCUT2D eigenvalue weighted by atomic mass is 35.5. The maximum atomic E-state index is 12.4. The molecule has 1 unspecified atom stereocenters. The molecule has 1 aromatic rings. The Balaban J connectivity index is 3.16. The van der Waals surface area contributed by atoms with E-state index < -0.39 is 23.7 Å². The summed E-state index contributed by atoms with van der Waals surface area (Å²) in [6.07, 6.45) is 2.61. The van der Waals surface area contributed by atoms with Crippen molar-refractivity contribution < 1.29 is 29.0 Å². The Morgan fingerprint density at radius 1 is 1.16 bits per heavy atom. The van der Waals surface area contributed by atoms with E-state index in [1.165, 1.54) is 0 Å². The summed E-state index contributed by atoms with van der Waals surface area (Å²) in [6.45, 7) is 4.12. The summed E-state index contributed by atoms with van der Waals surface area (Å²) in [6, 6.07) is 1.14. The van der Waals surface area contributed by atoms with Crippen molar-refractivity contribution in [2.45, 2.75) is 33.1 Å². The van der Waals surface area contributed by atoms with Crippen LogP contribution < -0.4 is 4.74 Å². The lowest BCUT2D eigenvalue weighted by atomic mass is 10.0. The van der Waals surface area contributed by atoms with Gasteiger partial charge in [-0.2, -0.15) is 0 Å². The maximum absolute atomic E-state index is 12.4. The lowest BCUT2D eigenvalue weighted by Gasteiger charge is -2.16. The number of carboxylic acids is 1. The predicted molar refractivity (Wildman–Crippen MR) is 93.7 cm³/mol. The summed E-state index contributed by atoms with van der Waals surface area (Å²) in [4.78, 5) is 34.4. The number of hydrogen-bond acceptors (Lipinski definition) is 5. The van der Waals surface area contributed by atoms with E-state index in [4.69, 9.17) is 44.6 Å². The van der Waals surface area contributed by atoms with E-state index in [9.17, 15) is 14.4 Å². The zero-order valence-electron chi connectivity index (χ0n) is 13.6. The molecule has 25 heavy (non-hydrogen) atoms. The third-order valence-electron chi connectivity index (χ3n) is 3.42. The standard InChI is InChI=1S/C16H17Cl3O6/c1-3-5-8(4-2)7-24-15(22)11-12(19)9(17)6-10(18)13(11)25-16(23)14(20)21/h6,8H,3-5,7H2,1-2H3,(H,20,21). The van der Waals surface area contributed by atoms with Gasteiger partial charge >= 0.3 is 17.9 Å². The van der Waals surface area contributed by atoms with E-state index >= 15 is 0 Å². The molecule has 1 rings (SSSR count). The zero-order valence-corrected chi connectivity index (χ0v) is 15.9. The third-order valence-corrected chi connectivity index (χ3v) is 4.49. The van der Waals surface area contributed by atoms with Gasteiger partial charge in [0.2, 0.25) is 0 Å². The summed E-state index contributed by atoms with van der Waals surface area (Å²) in [5, 5.41) is 8.12. The van der Waals surface area contributed by atoms with Crippen molar-refractivity contribution in [2.75, 3.05) is 6.61 Å². The van der Waals surface area contributed by atoms with E-state index in [-0.39, 0.29) is 33.2 Å². The molecule has 138 valence electrons. The van der Waals surface area contributed by atoms with Gasteiger partial charge in [0.25, 0.3) is 0 Å². The van der Waals surface area contributed by atoms with Gasteiger partial charge in [-0.1, -0.05) is 61.5 Å². The zero-order chi connectivity index (χ0) is 19.1. The van der Waals surface area contributed by atoms with Crippen LogP contribution in [0.15, 0.2) is 6.07 Å². The van der Waals surface area contributed by atoms with Crippen LogP contribution in [0.2, 0.25) is 15.1 Å². The fraction of sp³-hybridized carbons (Fsp3) is 0.438. The number of ether oxygens (including phenoxy) is 2. The van der Waals surface area contributed by atoms with Crippen LogP contribution in [0.4, 0.5) is 0 Å². The molecule has 1 N–H and O–H groups in total. The quantitative estimate of drug-likeness (QED) is 0.305. The number of rotatable bonds is 7. The summed E-state index contributed by atoms with van der Waals surface area (Å²) in [5.41, 5.74) is -0.389. The molecular weight excluding hydrogens is 395 g/mol. The summed E-state index contributed by atoms with van der Waals surface area (Å²) in [5.74, 6) is -4.72. The first-order valence-electron chi connectivity index (χ1n) is 7.52. The molecule has 1 atom stereocenters. The van der Waals surface area contributed by atoms with Crippen LogP contribution in [0.5, 0.6) is 5.75 Å². The summed E-state index contributed by atoms with van der Waals surface area (Å²) >= 11 is 17.8. The van der Waals surface area contributed by atoms with Crippen molar-refractivity contribution in [3.63, 3.8) is 0 Å². The minimum Gasteiger partial charge on any atom is -0.473 e. The first-order valence-corrected chi connectivity index (χ1v) is 8.65. The van der Waals surface area contributed by atoms with Gasteiger partial charge in [0, 0.05) is 0 Å². The van der Waals surface area contributed by atoms with Crippen LogP contribution in [0.1, 0.15) is 43.5 Å². The normalized spacial score (nSPS) is 11.7. The number of esters is 2. The number of benzene rings is 1.